The molecule has 1 spiro atoms. The number of allylic oxidation sites excluding steroid dienone is 2. The molecule has 0 aliphatic carbocycles. The molecule has 16 heavy (non-hydrogen) atoms. The molecule has 10 saturated heterocycles. The molecule has 10 rings (SSSR count). The first kappa shape index (κ1) is 5.93. The summed E-state index contributed by atoms with van der Waals surface area (Å²) in [7, 11) is 0. The molecule has 1 heteroatoms. The van der Waals surface area contributed by atoms with E-state index in [1.165, 1.54) is 43.3 Å². The fourth-order valence-corrected chi connectivity index (χ4v) is 92.5. The normalized spacial score (nSPS) is 126. The number of hydrogen-bond donors (Lipinski definition) is 0. The van der Waals surface area contributed by atoms with Gasteiger partial charge in [-0.1, -0.05) is 0 Å². The minimum absolute atomic E-state index is 1.15. The number of fused-ring (bicyclic) bond motifs is 10. The summed E-state index contributed by atoms with van der Waals surface area (Å²) in [6.07, 6.45) is 4.27. The molecule has 0 bridgehead atoms. The maximum atomic E-state index is 2.67. The Morgan fingerprint density at radius 3 is 1.69 bits per heavy atom. The van der Waals surface area contributed by atoms with Gasteiger partial charge in [-0.2, -0.15) is 0 Å². The first-order chi connectivity index (χ1) is 7.46. The van der Waals surface area contributed by atoms with Crippen LogP contribution in [0.15, 0.2) is 11.6 Å². The SMILES string of the molecule is CC(C)=CC[C]12[CH]3[CH]4[CH]5[CH]1[Fe]45321678[CH]2[CH]1[CH]6[CH]7[CH]28. The van der Waals surface area contributed by atoms with Crippen molar-refractivity contribution in [2.45, 2.75) is 67.9 Å². The van der Waals surface area contributed by atoms with Crippen LogP contribution in [0.5, 0.6) is 0 Å². The average molecular weight is 254 g/mol. The predicted molar refractivity (Wildman–Crippen MR) is 60.5 cm³/mol. The molecule has 0 aromatic heterocycles. The van der Waals surface area contributed by atoms with Gasteiger partial charge in [-0.05, 0) is 0 Å². The van der Waals surface area contributed by atoms with Crippen LogP contribution in [0.1, 0.15) is 20.3 Å². The molecule has 0 saturated carbocycles. The van der Waals surface area contributed by atoms with Crippen LogP contribution in [0.2, 0.25) is 47.7 Å². The van der Waals surface area contributed by atoms with Crippen LogP contribution in [-0.4, -0.2) is 0 Å². The number of rotatable bonds is 2. The molecule has 10 heterocycles. The van der Waals surface area contributed by atoms with Gasteiger partial charge in [0, 0.05) is 0 Å². The van der Waals surface area contributed by atoms with Crippen LogP contribution in [-0.2, 0) is 6.51 Å². The van der Waals surface area contributed by atoms with Crippen molar-refractivity contribution >= 4 is 0 Å². The Morgan fingerprint density at radius 2 is 1.44 bits per heavy atom. The van der Waals surface area contributed by atoms with Gasteiger partial charge in [0.25, 0.3) is 0 Å². The molecule has 10 aliphatic heterocycles. The van der Waals surface area contributed by atoms with Crippen molar-refractivity contribution in [2.75, 3.05) is 0 Å². The van der Waals surface area contributed by atoms with E-state index in [0.29, 0.717) is 0 Å². The van der Waals surface area contributed by atoms with Crippen molar-refractivity contribution in [1.29, 1.82) is 0 Å². The van der Waals surface area contributed by atoms with Gasteiger partial charge in [0.15, 0.2) is 0 Å². The molecule has 4 atom stereocenters. The van der Waals surface area contributed by atoms with E-state index in [1.54, 1.807) is 12.0 Å². The van der Waals surface area contributed by atoms with Crippen LogP contribution in [0.25, 0.3) is 0 Å². The van der Waals surface area contributed by atoms with Gasteiger partial charge in [0.2, 0.25) is 0 Å². The zero-order valence-electron chi connectivity index (χ0n) is 9.83. The summed E-state index contributed by atoms with van der Waals surface area (Å²) in [5, 5.41) is 0. The summed E-state index contributed by atoms with van der Waals surface area (Å²) >= 11 is 0. The summed E-state index contributed by atoms with van der Waals surface area (Å²) < 4.78 is 1.15. The number of hydrogen-bond acceptors (Lipinski definition) is 0. The molecule has 0 nitrogen and oxygen atoms in total. The van der Waals surface area contributed by atoms with E-state index in [9.17, 15) is 0 Å². The molecular weight excluding hydrogens is 236 g/mol. The molecule has 0 radical (unpaired) electrons. The van der Waals surface area contributed by atoms with Gasteiger partial charge in [0.1, 0.15) is 0 Å². The third-order valence-electron chi connectivity index (χ3n) is 15.8. The van der Waals surface area contributed by atoms with Crippen molar-refractivity contribution in [2.24, 2.45) is 0 Å². The Labute approximate surface area is 86.1 Å². The second-order valence-corrected chi connectivity index (χ2v) is 35.0. The Bertz CT molecular complexity index is 881. The van der Waals surface area contributed by atoms with E-state index in [4.69, 9.17) is 0 Å². The van der Waals surface area contributed by atoms with Gasteiger partial charge < -0.3 is 0 Å². The fraction of sp³-hybridized carbons (Fsp3) is 0.867. The first-order valence-corrected chi connectivity index (χ1v) is 13.6. The summed E-state index contributed by atoms with van der Waals surface area (Å²) in [5.74, 6) is 0. The van der Waals surface area contributed by atoms with E-state index >= 15 is 0 Å². The topological polar surface area (TPSA) is 0 Å². The van der Waals surface area contributed by atoms with Crippen LogP contribution in [0, 0.1) is 0 Å². The second-order valence-electron chi connectivity index (χ2n) is 11.3. The molecule has 0 aromatic carbocycles. The van der Waals surface area contributed by atoms with E-state index in [1.807, 2.05) is 0 Å². The van der Waals surface area contributed by atoms with Crippen LogP contribution in [0.3, 0.4) is 0 Å². The molecule has 10 fully saturated rings. The zero-order valence-corrected chi connectivity index (χ0v) is 10.9. The molecule has 10 aliphatic rings. The maximum absolute atomic E-state index is 2.67. The first-order valence-electron chi connectivity index (χ1n) is 7.31. The van der Waals surface area contributed by atoms with E-state index < -0.39 is 6.51 Å². The summed E-state index contributed by atoms with van der Waals surface area (Å²) in [4.78, 5) is 13.7. The van der Waals surface area contributed by atoms with Crippen molar-refractivity contribution in [1.82, 2.24) is 0 Å². The Morgan fingerprint density at radius 1 is 0.938 bits per heavy atom. The monoisotopic (exact) mass is 254 g/mol. The Kier molecular flexibility index (Phi) is 0.166. The predicted octanol–water partition coefficient (Wildman–Crippen LogP) is 5.10. The molecule has 4 unspecified atom stereocenters. The fourth-order valence-electron chi connectivity index (χ4n) is 17.6. The average Bonchev–Trinajstić information content (AvgIpc) is 3.20. The van der Waals surface area contributed by atoms with Crippen molar-refractivity contribution in [3.63, 3.8) is 0 Å². The molecule has 0 N–H and O–H groups in total. The standard InChI is InChI=1S/C10H13.C5H5.Fe/c1-9(2)7-8-10-5-3-4-6-10;1-2-4-5-3-1;/h3-7H,8H2,1-2H3;1-5H;. The van der Waals surface area contributed by atoms with Crippen molar-refractivity contribution < 1.29 is 6.51 Å². The van der Waals surface area contributed by atoms with E-state index in [-0.39, 0.29) is 0 Å². The van der Waals surface area contributed by atoms with Crippen LogP contribution < -0.4 is 0 Å². The Hall–Kier alpha value is 0.259. The molecular formula is C15H18Fe. The van der Waals surface area contributed by atoms with Gasteiger partial charge in [-0.25, -0.2) is 0 Å². The van der Waals surface area contributed by atoms with Crippen LogP contribution in [0.4, 0.5) is 0 Å². The molecule has 86 valence electrons. The van der Waals surface area contributed by atoms with Gasteiger partial charge in [0.05, 0.1) is 0 Å². The third-order valence-corrected chi connectivity index (χ3v) is 58.8. The van der Waals surface area contributed by atoms with Gasteiger partial charge >= 0.3 is 86.1 Å². The summed E-state index contributed by atoms with van der Waals surface area (Å²) in [6.45, 7) is 2.00. The second kappa shape index (κ2) is 0.448. The third kappa shape index (κ3) is 0.0521. The van der Waals surface area contributed by atoms with E-state index in [0.717, 1.165) is 4.31 Å². The van der Waals surface area contributed by atoms with Crippen molar-refractivity contribution in [3.8, 4) is 0 Å². The van der Waals surface area contributed by atoms with Gasteiger partial charge in [-0.3, -0.25) is 0 Å². The van der Waals surface area contributed by atoms with Gasteiger partial charge in [-0.15, -0.1) is 0 Å². The minimum atomic E-state index is -2.65. The summed E-state index contributed by atoms with van der Waals surface area (Å²) in [5.41, 5.74) is 1.61. The Balaban J connectivity index is 1.58. The molecule has 0 amide bonds. The zero-order chi connectivity index (χ0) is 10.0. The quantitative estimate of drug-likeness (QED) is 0.475. The van der Waals surface area contributed by atoms with Crippen molar-refractivity contribution in [3.05, 3.63) is 11.6 Å². The van der Waals surface area contributed by atoms with Crippen LogP contribution >= 0.6 is 0 Å². The molecule has 0 aromatic rings. The van der Waals surface area contributed by atoms with E-state index in [2.05, 4.69) is 19.9 Å². The summed E-state index contributed by atoms with van der Waals surface area (Å²) in [6, 6.07) is 0.